The van der Waals surface area contributed by atoms with Gasteiger partial charge in [0.05, 0.1) is 17.9 Å². The first-order valence-electron chi connectivity index (χ1n) is 12.3. The number of aromatic amines is 1. The van der Waals surface area contributed by atoms with Crippen molar-refractivity contribution < 1.29 is 14.0 Å². The smallest absolute Gasteiger partial charge is 0.255 e. The molecule has 2 aliphatic rings. The van der Waals surface area contributed by atoms with Gasteiger partial charge in [-0.2, -0.15) is 9.78 Å². The minimum Gasteiger partial charge on any atom is -0.463 e. The predicted molar refractivity (Wildman–Crippen MR) is 137 cm³/mol. The van der Waals surface area contributed by atoms with Crippen molar-refractivity contribution >= 4 is 23.3 Å². The van der Waals surface area contributed by atoms with E-state index in [2.05, 4.69) is 20.4 Å². The van der Waals surface area contributed by atoms with Crippen LogP contribution >= 0.6 is 0 Å². The first-order valence-corrected chi connectivity index (χ1v) is 12.3. The van der Waals surface area contributed by atoms with Crippen LogP contribution in [0.2, 0.25) is 0 Å². The molecule has 0 spiro atoms. The third-order valence-corrected chi connectivity index (χ3v) is 7.16. The highest BCUT2D eigenvalue weighted by Gasteiger charge is 2.36. The Morgan fingerprint density at radius 1 is 1.14 bits per heavy atom. The highest BCUT2D eigenvalue weighted by Crippen LogP contribution is 2.29. The monoisotopic (exact) mass is 498 g/mol. The Kier molecular flexibility index (Phi) is 5.51. The summed E-state index contributed by atoms with van der Waals surface area (Å²) in [6.45, 7) is 4.29. The highest BCUT2D eigenvalue weighted by molar-refractivity contribution is 6.03. The topological polar surface area (TPSA) is 126 Å². The fourth-order valence-corrected chi connectivity index (χ4v) is 4.96. The SMILES string of the molecule is Cc1ccc(N2CC(C(=O)Nc3cc(-c4ccco4)nn3-c3nc4c(c(=O)[nH]3)CCC4)CC2=O)cc1C. The van der Waals surface area contributed by atoms with E-state index >= 15 is 0 Å². The zero-order valence-electron chi connectivity index (χ0n) is 20.6. The third-order valence-electron chi connectivity index (χ3n) is 7.16. The molecule has 1 aliphatic carbocycles. The molecule has 4 aromatic rings. The molecule has 0 bridgehead atoms. The summed E-state index contributed by atoms with van der Waals surface area (Å²) in [5, 5.41) is 7.48. The van der Waals surface area contributed by atoms with Crippen LogP contribution < -0.4 is 15.8 Å². The molecule has 2 N–H and O–H groups in total. The number of carbonyl (C=O) groups is 2. The summed E-state index contributed by atoms with van der Waals surface area (Å²) >= 11 is 0. The predicted octanol–water partition coefficient (Wildman–Crippen LogP) is 3.31. The molecule has 10 nitrogen and oxygen atoms in total. The number of amides is 2. The molecule has 2 amide bonds. The number of rotatable bonds is 5. The van der Waals surface area contributed by atoms with Crippen LogP contribution in [0.25, 0.3) is 17.4 Å². The van der Waals surface area contributed by atoms with Crippen LogP contribution in [-0.2, 0) is 22.4 Å². The van der Waals surface area contributed by atoms with Crippen LogP contribution in [0.5, 0.6) is 0 Å². The van der Waals surface area contributed by atoms with Crippen LogP contribution in [0.15, 0.2) is 51.9 Å². The van der Waals surface area contributed by atoms with Gasteiger partial charge in [0.25, 0.3) is 5.56 Å². The molecule has 0 radical (unpaired) electrons. The van der Waals surface area contributed by atoms with Crippen molar-refractivity contribution in [2.45, 2.75) is 39.5 Å². The van der Waals surface area contributed by atoms with Crippen LogP contribution in [0.4, 0.5) is 11.5 Å². The van der Waals surface area contributed by atoms with Crippen molar-refractivity contribution in [3.8, 4) is 17.4 Å². The van der Waals surface area contributed by atoms with Crippen molar-refractivity contribution in [3.05, 3.63) is 75.4 Å². The first-order chi connectivity index (χ1) is 17.9. The van der Waals surface area contributed by atoms with E-state index in [1.165, 1.54) is 10.9 Å². The van der Waals surface area contributed by atoms with Crippen LogP contribution in [-0.4, -0.2) is 38.1 Å². The maximum absolute atomic E-state index is 13.3. The van der Waals surface area contributed by atoms with E-state index in [0.717, 1.165) is 35.3 Å². The van der Waals surface area contributed by atoms with E-state index in [1.807, 2.05) is 32.0 Å². The number of hydrogen-bond acceptors (Lipinski definition) is 6. The van der Waals surface area contributed by atoms with Gasteiger partial charge in [0.15, 0.2) is 5.76 Å². The summed E-state index contributed by atoms with van der Waals surface area (Å²) in [7, 11) is 0. The maximum Gasteiger partial charge on any atom is 0.255 e. The average molecular weight is 499 g/mol. The van der Waals surface area contributed by atoms with E-state index in [-0.39, 0.29) is 36.3 Å². The molecule has 10 heteroatoms. The van der Waals surface area contributed by atoms with Crippen molar-refractivity contribution in [1.82, 2.24) is 19.7 Å². The molecule has 3 aromatic heterocycles. The molecule has 188 valence electrons. The standard InChI is InChI=1S/C27H26N6O4/c1-15-8-9-18(11-16(15)2)32-14-17(12-24(32)34)25(35)29-23-13-21(22-7-4-10-37-22)31-33(23)27-28-20-6-3-5-19(20)26(36)30-27/h4,7-11,13,17H,3,5-6,12,14H2,1-2H3,(H,29,35)(H,28,30,36). The van der Waals surface area contributed by atoms with Gasteiger partial charge in [-0.1, -0.05) is 6.07 Å². The quantitative estimate of drug-likeness (QED) is 0.435. The Morgan fingerprint density at radius 3 is 2.78 bits per heavy atom. The number of hydrogen-bond donors (Lipinski definition) is 2. The lowest BCUT2D eigenvalue weighted by Gasteiger charge is -2.18. The van der Waals surface area contributed by atoms with Gasteiger partial charge in [0.2, 0.25) is 17.8 Å². The van der Waals surface area contributed by atoms with E-state index < -0.39 is 5.92 Å². The van der Waals surface area contributed by atoms with Crippen molar-refractivity contribution in [2.75, 3.05) is 16.8 Å². The highest BCUT2D eigenvalue weighted by atomic mass is 16.3. The molecule has 1 saturated heterocycles. The van der Waals surface area contributed by atoms with E-state index in [1.54, 1.807) is 23.1 Å². The van der Waals surface area contributed by atoms with Gasteiger partial charge in [-0.25, -0.2) is 4.98 Å². The van der Waals surface area contributed by atoms with Gasteiger partial charge < -0.3 is 14.6 Å². The molecular formula is C27H26N6O4. The number of benzene rings is 1. The zero-order chi connectivity index (χ0) is 25.7. The summed E-state index contributed by atoms with van der Waals surface area (Å²) in [6, 6.07) is 11.0. The van der Waals surface area contributed by atoms with Gasteiger partial charge in [-0.3, -0.25) is 19.4 Å². The Hall–Kier alpha value is -4.47. The molecule has 1 fully saturated rings. The molecule has 0 saturated carbocycles. The molecule has 1 aromatic carbocycles. The summed E-state index contributed by atoms with van der Waals surface area (Å²) in [6.07, 6.45) is 3.94. The number of carbonyl (C=O) groups excluding carboxylic acids is 2. The second kappa shape index (κ2) is 8.88. The number of anilines is 2. The van der Waals surface area contributed by atoms with Gasteiger partial charge in [0, 0.05) is 30.3 Å². The minimum atomic E-state index is -0.545. The summed E-state index contributed by atoms with van der Waals surface area (Å²) in [4.78, 5) is 47.9. The second-order valence-corrected chi connectivity index (χ2v) is 9.64. The average Bonchev–Trinajstić information content (AvgIpc) is 3.67. The lowest BCUT2D eigenvalue weighted by molar-refractivity contribution is -0.122. The molecule has 1 unspecified atom stereocenters. The lowest BCUT2D eigenvalue weighted by atomic mass is 10.1. The van der Waals surface area contributed by atoms with Crippen LogP contribution in [0, 0.1) is 19.8 Å². The summed E-state index contributed by atoms with van der Waals surface area (Å²) in [5.74, 6) is 0.104. The Balaban J connectivity index is 1.30. The molecular weight excluding hydrogens is 472 g/mol. The molecule has 1 aliphatic heterocycles. The van der Waals surface area contributed by atoms with Crippen molar-refractivity contribution in [1.29, 1.82) is 0 Å². The van der Waals surface area contributed by atoms with Gasteiger partial charge in [0.1, 0.15) is 11.5 Å². The van der Waals surface area contributed by atoms with Gasteiger partial charge in [-0.15, -0.1) is 0 Å². The number of nitrogens with zero attached hydrogens (tertiary/aromatic N) is 4. The van der Waals surface area contributed by atoms with Crippen LogP contribution in [0.3, 0.4) is 0 Å². The summed E-state index contributed by atoms with van der Waals surface area (Å²) < 4.78 is 6.90. The fraction of sp³-hybridized carbons (Fsp3) is 0.296. The zero-order valence-corrected chi connectivity index (χ0v) is 20.6. The molecule has 1 atom stereocenters. The number of furan rings is 1. The van der Waals surface area contributed by atoms with Crippen molar-refractivity contribution in [2.24, 2.45) is 5.92 Å². The number of nitrogens with one attached hydrogen (secondary N) is 2. The molecule has 4 heterocycles. The molecule has 6 rings (SSSR count). The number of H-pyrrole nitrogens is 1. The normalized spacial score (nSPS) is 16.9. The third kappa shape index (κ3) is 4.14. The maximum atomic E-state index is 13.3. The fourth-order valence-electron chi connectivity index (χ4n) is 4.96. The second-order valence-electron chi connectivity index (χ2n) is 9.64. The Morgan fingerprint density at radius 2 is 2.00 bits per heavy atom. The number of aromatic nitrogens is 4. The number of aryl methyl sites for hydroxylation is 3. The molecule has 37 heavy (non-hydrogen) atoms. The van der Waals surface area contributed by atoms with Gasteiger partial charge >= 0.3 is 0 Å². The minimum absolute atomic E-state index is 0.0993. The van der Waals surface area contributed by atoms with Crippen molar-refractivity contribution in [3.63, 3.8) is 0 Å². The van der Waals surface area contributed by atoms with Crippen LogP contribution in [0.1, 0.15) is 35.2 Å². The summed E-state index contributed by atoms with van der Waals surface area (Å²) in [5.41, 5.74) is 4.73. The number of fused-ring (bicyclic) bond motifs is 1. The first kappa shape index (κ1) is 23.0. The largest absolute Gasteiger partial charge is 0.463 e. The van der Waals surface area contributed by atoms with E-state index in [4.69, 9.17) is 4.42 Å². The Labute approximate surface area is 212 Å². The Bertz CT molecular complexity index is 1580. The lowest BCUT2D eigenvalue weighted by Crippen LogP contribution is -2.29. The van der Waals surface area contributed by atoms with E-state index in [0.29, 0.717) is 29.3 Å². The van der Waals surface area contributed by atoms with E-state index in [9.17, 15) is 14.4 Å². The van der Waals surface area contributed by atoms with Gasteiger partial charge in [-0.05, 0) is 68.5 Å².